The Balaban J connectivity index is 1.94. The molecule has 3 rings (SSSR count). The number of rotatable bonds is 2. The summed E-state index contributed by atoms with van der Waals surface area (Å²) in [6.07, 6.45) is 1.67. The second-order valence-electron chi connectivity index (χ2n) is 4.67. The first-order valence-corrected chi connectivity index (χ1v) is 6.46. The predicted molar refractivity (Wildman–Crippen MR) is 80.9 cm³/mol. The van der Waals surface area contributed by atoms with E-state index in [9.17, 15) is 4.79 Å². The van der Waals surface area contributed by atoms with Gasteiger partial charge in [0.1, 0.15) is 0 Å². The van der Waals surface area contributed by atoms with E-state index in [-0.39, 0.29) is 5.91 Å². The van der Waals surface area contributed by atoms with Crippen molar-refractivity contribution in [2.24, 2.45) is 0 Å². The van der Waals surface area contributed by atoms with Gasteiger partial charge >= 0.3 is 0 Å². The van der Waals surface area contributed by atoms with Crippen molar-refractivity contribution in [3.8, 4) is 0 Å². The van der Waals surface area contributed by atoms with Crippen molar-refractivity contribution in [3.63, 3.8) is 0 Å². The van der Waals surface area contributed by atoms with E-state index < -0.39 is 0 Å². The first kappa shape index (κ1) is 12.4. The van der Waals surface area contributed by atoms with Crippen LogP contribution < -0.4 is 5.32 Å². The van der Waals surface area contributed by atoms with Crippen LogP contribution in [0.15, 0.2) is 60.8 Å². The van der Waals surface area contributed by atoms with Gasteiger partial charge in [-0.25, -0.2) is 0 Å². The lowest BCUT2D eigenvalue weighted by atomic mass is 10.0. The summed E-state index contributed by atoms with van der Waals surface area (Å²) in [5, 5.41) is 4.89. The zero-order valence-corrected chi connectivity index (χ0v) is 11.1. The summed E-state index contributed by atoms with van der Waals surface area (Å²) in [7, 11) is 0. The van der Waals surface area contributed by atoms with Crippen molar-refractivity contribution in [1.29, 1.82) is 0 Å². The molecule has 0 aliphatic rings. The third kappa shape index (κ3) is 2.38. The molecule has 0 saturated heterocycles. The maximum Gasteiger partial charge on any atom is 0.256 e. The third-order valence-corrected chi connectivity index (χ3v) is 3.20. The molecule has 0 radical (unpaired) electrons. The van der Waals surface area contributed by atoms with Gasteiger partial charge in [0.05, 0.1) is 11.9 Å². The van der Waals surface area contributed by atoms with Crippen molar-refractivity contribution in [2.45, 2.75) is 6.92 Å². The first-order valence-electron chi connectivity index (χ1n) is 6.46. The van der Waals surface area contributed by atoms with Gasteiger partial charge < -0.3 is 5.32 Å². The minimum Gasteiger partial charge on any atom is -0.321 e. The van der Waals surface area contributed by atoms with Crippen molar-refractivity contribution in [2.75, 3.05) is 5.32 Å². The van der Waals surface area contributed by atoms with Crippen LogP contribution in [-0.2, 0) is 0 Å². The summed E-state index contributed by atoms with van der Waals surface area (Å²) in [5.74, 6) is -0.118. The first-order chi connectivity index (χ1) is 9.74. The van der Waals surface area contributed by atoms with Gasteiger partial charge in [-0.1, -0.05) is 36.4 Å². The van der Waals surface area contributed by atoms with Gasteiger partial charge in [-0.05, 0) is 35.9 Å². The van der Waals surface area contributed by atoms with Crippen molar-refractivity contribution in [3.05, 3.63) is 72.1 Å². The fourth-order valence-corrected chi connectivity index (χ4v) is 2.16. The molecule has 0 bridgehead atoms. The number of hydrogen-bond donors (Lipinski definition) is 1. The fourth-order valence-electron chi connectivity index (χ4n) is 2.16. The monoisotopic (exact) mass is 262 g/mol. The van der Waals surface area contributed by atoms with E-state index in [1.54, 1.807) is 6.20 Å². The Hall–Kier alpha value is -2.68. The van der Waals surface area contributed by atoms with Crippen LogP contribution in [0.2, 0.25) is 0 Å². The van der Waals surface area contributed by atoms with E-state index in [1.807, 2.05) is 61.5 Å². The quantitative estimate of drug-likeness (QED) is 0.763. The molecular formula is C17H14N2O. The van der Waals surface area contributed by atoms with Crippen LogP contribution in [0.1, 0.15) is 16.1 Å². The maximum atomic E-state index is 12.4. The van der Waals surface area contributed by atoms with E-state index in [0.29, 0.717) is 11.3 Å². The molecule has 0 atom stereocenters. The standard InChI is InChI=1S/C17H14N2O/c1-12-9-10-14(11-18-12)19-17(20)16-8-4-6-13-5-2-3-7-15(13)16/h2-11H,1H3,(H,19,20). The summed E-state index contributed by atoms with van der Waals surface area (Å²) in [4.78, 5) is 16.5. The highest BCUT2D eigenvalue weighted by atomic mass is 16.1. The minimum absolute atomic E-state index is 0.118. The van der Waals surface area contributed by atoms with Gasteiger partial charge in [-0.15, -0.1) is 0 Å². The summed E-state index contributed by atoms with van der Waals surface area (Å²) in [5.41, 5.74) is 2.30. The highest BCUT2D eigenvalue weighted by molar-refractivity contribution is 6.12. The van der Waals surface area contributed by atoms with Crippen molar-refractivity contribution < 1.29 is 4.79 Å². The van der Waals surface area contributed by atoms with E-state index in [0.717, 1.165) is 16.5 Å². The van der Waals surface area contributed by atoms with Gasteiger partial charge in [0, 0.05) is 11.3 Å². The number of nitrogens with one attached hydrogen (secondary N) is 1. The molecule has 0 aliphatic carbocycles. The number of nitrogens with zero attached hydrogens (tertiary/aromatic N) is 1. The van der Waals surface area contributed by atoms with Crippen molar-refractivity contribution >= 4 is 22.4 Å². The van der Waals surface area contributed by atoms with Crippen molar-refractivity contribution in [1.82, 2.24) is 4.98 Å². The number of aryl methyl sites for hydroxylation is 1. The number of amides is 1. The molecule has 1 aromatic heterocycles. The van der Waals surface area contributed by atoms with E-state index >= 15 is 0 Å². The molecule has 1 heterocycles. The molecular weight excluding hydrogens is 248 g/mol. The van der Waals surface area contributed by atoms with E-state index in [2.05, 4.69) is 10.3 Å². The van der Waals surface area contributed by atoms with Crippen LogP contribution in [0.25, 0.3) is 10.8 Å². The third-order valence-electron chi connectivity index (χ3n) is 3.20. The zero-order chi connectivity index (χ0) is 13.9. The Morgan fingerprint density at radius 2 is 1.80 bits per heavy atom. The molecule has 0 saturated carbocycles. The topological polar surface area (TPSA) is 42.0 Å². The molecule has 1 N–H and O–H groups in total. The smallest absolute Gasteiger partial charge is 0.256 e. The Labute approximate surface area is 117 Å². The fraction of sp³-hybridized carbons (Fsp3) is 0.0588. The summed E-state index contributed by atoms with van der Waals surface area (Å²) in [6, 6.07) is 17.3. The number of anilines is 1. The molecule has 0 aliphatic heterocycles. The SMILES string of the molecule is Cc1ccc(NC(=O)c2cccc3ccccc23)cn1. The second-order valence-corrected chi connectivity index (χ2v) is 4.67. The molecule has 20 heavy (non-hydrogen) atoms. The minimum atomic E-state index is -0.118. The molecule has 0 unspecified atom stereocenters. The number of hydrogen-bond acceptors (Lipinski definition) is 2. The lowest BCUT2D eigenvalue weighted by molar-refractivity contribution is 0.102. The highest BCUT2D eigenvalue weighted by Gasteiger charge is 2.09. The van der Waals surface area contributed by atoms with Gasteiger partial charge in [0.15, 0.2) is 0 Å². The Morgan fingerprint density at radius 1 is 1.00 bits per heavy atom. The summed E-state index contributed by atoms with van der Waals surface area (Å²) >= 11 is 0. The number of carbonyl (C=O) groups is 1. The molecule has 1 amide bonds. The molecule has 2 aromatic carbocycles. The van der Waals surface area contributed by atoms with Crippen LogP contribution in [0, 0.1) is 6.92 Å². The highest BCUT2D eigenvalue weighted by Crippen LogP contribution is 2.19. The largest absolute Gasteiger partial charge is 0.321 e. The molecule has 98 valence electrons. The zero-order valence-electron chi connectivity index (χ0n) is 11.1. The van der Waals surface area contributed by atoms with Crippen LogP contribution in [0.3, 0.4) is 0 Å². The molecule has 0 fully saturated rings. The summed E-state index contributed by atoms with van der Waals surface area (Å²) < 4.78 is 0. The van der Waals surface area contributed by atoms with E-state index in [1.165, 1.54) is 0 Å². The van der Waals surface area contributed by atoms with Gasteiger partial charge in [-0.2, -0.15) is 0 Å². The molecule has 3 nitrogen and oxygen atoms in total. The number of carbonyl (C=O) groups excluding carboxylic acids is 1. The predicted octanol–water partition coefficient (Wildman–Crippen LogP) is 3.80. The number of fused-ring (bicyclic) bond motifs is 1. The second kappa shape index (κ2) is 5.13. The Bertz CT molecular complexity index is 758. The molecule has 3 heteroatoms. The summed E-state index contributed by atoms with van der Waals surface area (Å²) in [6.45, 7) is 1.91. The van der Waals surface area contributed by atoms with Crippen LogP contribution >= 0.6 is 0 Å². The number of aromatic nitrogens is 1. The Morgan fingerprint density at radius 3 is 2.60 bits per heavy atom. The van der Waals surface area contributed by atoms with Crippen LogP contribution in [0.4, 0.5) is 5.69 Å². The maximum absolute atomic E-state index is 12.4. The lowest BCUT2D eigenvalue weighted by Crippen LogP contribution is -2.12. The lowest BCUT2D eigenvalue weighted by Gasteiger charge is -2.08. The van der Waals surface area contributed by atoms with E-state index in [4.69, 9.17) is 0 Å². The van der Waals surface area contributed by atoms with Gasteiger partial charge in [0.2, 0.25) is 0 Å². The number of benzene rings is 2. The molecule has 3 aromatic rings. The van der Waals surface area contributed by atoms with Gasteiger partial charge in [0.25, 0.3) is 5.91 Å². The average Bonchev–Trinajstić information content (AvgIpc) is 2.49. The average molecular weight is 262 g/mol. The normalized spacial score (nSPS) is 10.4. The van der Waals surface area contributed by atoms with Gasteiger partial charge in [-0.3, -0.25) is 9.78 Å². The Kier molecular flexibility index (Phi) is 3.17. The number of pyridine rings is 1. The van der Waals surface area contributed by atoms with Crippen LogP contribution in [-0.4, -0.2) is 10.9 Å². The molecule has 0 spiro atoms. The van der Waals surface area contributed by atoms with Crippen LogP contribution in [0.5, 0.6) is 0 Å².